The van der Waals surface area contributed by atoms with Crippen molar-refractivity contribution in [3.8, 4) is 5.88 Å². The van der Waals surface area contributed by atoms with Crippen LogP contribution in [-0.4, -0.2) is 23.2 Å². The maximum Gasteiger partial charge on any atom is 0.309 e. The van der Waals surface area contributed by atoms with Crippen molar-refractivity contribution in [2.45, 2.75) is 6.42 Å². The van der Waals surface area contributed by atoms with Crippen molar-refractivity contribution in [3.63, 3.8) is 0 Å². The summed E-state index contributed by atoms with van der Waals surface area (Å²) in [7, 11) is 1.49. The molecule has 4 heteroatoms. The van der Waals surface area contributed by atoms with Gasteiger partial charge in [-0.3, -0.25) is 4.79 Å². The number of carboxylic acids is 1. The molecule has 64 valence electrons. The zero-order valence-electron chi connectivity index (χ0n) is 6.65. The molecule has 0 aromatic carbocycles. The number of hydrogen-bond acceptors (Lipinski definition) is 3. The fourth-order valence-corrected chi connectivity index (χ4v) is 0.825. The van der Waals surface area contributed by atoms with Gasteiger partial charge in [-0.2, -0.15) is 0 Å². The Balaban J connectivity index is 2.79. The quantitative estimate of drug-likeness (QED) is 0.720. The van der Waals surface area contributed by atoms with Crippen LogP contribution in [0.25, 0.3) is 0 Å². The smallest absolute Gasteiger partial charge is 0.309 e. The molecular weight excluding hydrogens is 158 g/mol. The number of hydrogen-bond donors (Lipinski definition) is 1. The number of aliphatic carboxylic acids is 1. The molecule has 0 bridgehead atoms. The van der Waals surface area contributed by atoms with E-state index in [9.17, 15) is 4.79 Å². The molecule has 0 aliphatic rings. The SMILES string of the molecule is COc1cccc(CC(=O)O)n1. The van der Waals surface area contributed by atoms with Crippen molar-refractivity contribution in [1.29, 1.82) is 0 Å². The van der Waals surface area contributed by atoms with Crippen LogP contribution < -0.4 is 4.74 Å². The lowest BCUT2D eigenvalue weighted by Gasteiger charge is -1.99. The number of aromatic nitrogens is 1. The van der Waals surface area contributed by atoms with Crippen LogP contribution in [-0.2, 0) is 11.2 Å². The van der Waals surface area contributed by atoms with Crippen molar-refractivity contribution in [2.75, 3.05) is 7.11 Å². The molecule has 0 unspecified atom stereocenters. The Morgan fingerprint density at radius 2 is 2.42 bits per heavy atom. The second-order valence-electron chi connectivity index (χ2n) is 2.24. The molecule has 0 aliphatic heterocycles. The van der Waals surface area contributed by atoms with Gasteiger partial charge < -0.3 is 9.84 Å². The van der Waals surface area contributed by atoms with Crippen LogP contribution in [0.4, 0.5) is 0 Å². The van der Waals surface area contributed by atoms with Crippen molar-refractivity contribution in [3.05, 3.63) is 23.9 Å². The van der Waals surface area contributed by atoms with E-state index in [1.165, 1.54) is 7.11 Å². The van der Waals surface area contributed by atoms with Gasteiger partial charge in [0.15, 0.2) is 0 Å². The summed E-state index contributed by atoms with van der Waals surface area (Å²) in [5.41, 5.74) is 0.502. The Morgan fingerprint density at radius 3 is 3.00 bits per heavy atom. The Labute approximate surface area is 69.8 Å². The monoisotopic (exact) mass is 167 g/mol. The topological polar surface area (TPSA) is 59.4 Å². The van der Waals surface area contributed by atoms with E-state index < -0.39 is 5.97 Å². The van der Waals surface area contributed by atoms with E-state index in [1.807, 2.05) is 0 Å². The first-order valence-corrected chi connectivity index (χ1v) is 3.44. The van der Waals surface area contributed by atoms with E-state index in [1.54, 1.807) is 18.2 Å². The van der Waals surface area contributed by atoms with E-state index in [2.05, 4.69) is 4.98 Å². The standard InChI is InChI=1S/C8H9NO3/c1-12-7-4-2-3-6(9-7)5-8(10)11/h2-4H,5H2,1H3,(H,10,11). The second-order valence-corrected chi connectivity index (χ2v) is 2.24. The number of ether oxygens (including phenoxy) is 1. The normalized spacial score (nSPS) is 9.42. The number of rotatable bonds is 3. The van der Waals surface area contributed by atoms with Gasteiger partial charge in [0.2, 0.25) is 5.88 Å². The van der Waals surface area contributed by atoms with Crippen molar-refractivity contribution in [2.24, 2.45) is 0 Å². The molecule has 12 heavy (non-hydrogen) atoms. The van der Waals surface area contributed by atoms with Crippen LogP contribution in [0.5, 0.6) is 5.88 Å². The minimum atomic E-state index is -0.893. The van der Waals surface area contributed by atoms with Crippen LogP contribution in [0.15, 0.2) is 18.2 Å². The van der Waals surface area contributed by atoms with Gasteiger partial charge in [-0.15, -0.1) is 0 Å². The molecule has 0 aliphatic carbocycles. The number of pyridine rings is 1. The Bertz CT molecular complexity index is 285. The van der Waals surface area contributed by atoms with Gasteiger partial charge >= 0.3 is 5.97 Å². The predicted molar refractivity (Wildman–Crippen MR) is 42.1 cm³/mol. The maximum atomic E-state index is 10.3. The fourth-order valence-electron chi connectivity index (χ4n) is 0.825. The maximum absolute atomic E-state index is 10.3. The van der Waals surface area contributed by atoms with Crippen LogP contribution in [0.1, 0.15) is 5.69 Å². The highest BCUT2D eigenvalue weighted by atomic mass is 16.5. The third-order valence-electron chi connectivity index (χ3n) is 1.32. The minimum absolute atomic E-state index is 0.0722. The highest BCUT2D eigenvalue weighted by molar-refractivity contribution is 5.69. The second kappa shape index (κ2) is 3.71. The molecule has 0 spiro atoms. The number of carboxylic acid groups (broad SMARTS) is 1. The molecule has 0 saturated heterocycles. The molecule has 0 saturated carbocycles. The lowest BCUT2D eigenvalue weighted by molar-refractivity contribution is -0.136. The van der Waals surface area contributed by atoms with Crippen molar-refractivity contribution < 1.29 is 14.6 Å². The summed E-state index contributed by atoms with van der Waals surface area (Å²) in [6, 6.07) is 5.03. The molecule has 1 aromatic heterocycles. The fraction of sp³-hybridized carbons (Fsp3) is 0.250. The molecule has 4 nitrogen and oxygen atoms in total. The average molecular weight is 167 g/mol. The van der Waals surface area contributed by atoms with E-state index in [0.717, 1.165) is 0 Å². The molecule has 1 heterocycles. The third kappa shape index (κ3) is 2.23. The molecule has 0 radical (unpaired) electrons. The van der Waals surface area contributed by atoms with Crippen LogP contribution in [0, 0.1) is 0 Å². The van der Waals surface area contributed by atoms with E-state index >= 15 is 0 Å². The highest BCUT2D eigenvalue weighted by Gasteiger charge is 2.02. The molecule has 0 fully saturated rings. The van der Waals surface area contributed by atoms with Crippen molar-refractivity contribution in [1.82, 2.24) is 4.98 Å². The Hall–Kier alpha value is -1.58. The van der Waals surface area contributed by atoms with E-state index in [-0.39, 0.29) is 6.42 Å². The first-order valence-electron chi connectivity index (χ1n) is 3.44. The summed E-state index contributed by atoms with van der Waals surface area (Å²) >= 11 is 0. The average Bonchev–Trinajstić information content (AvgIpc) is 2.03. The number of carbonyl (C=O) groups is 1. The molecule has 1 N–H and O–H groups in total. The van der Waals surface area contributed by atoms with Crippen LogP contribution in [0.3, 0.4) is 0 Å². The summed E-state index contributed by atoms with van der Waals surface area (Å²) in [5.74, 6) is -0.454. The molecule has 1 rings (SSSR count). The van der Waals surface area contributed by atoms with E-state index in [0.29, 0.717) is 11.6 Å². The summed E-state index contributed by atoms with van der Waals surface area (Å²) < 4.78 is 4.83. The highest BCUT2D eigenvalue weighted by Crippen LogP contribution is 2.06. The number of methoxy groups -OCH3 is 1. The summed E-state index contributed by atoms with van der Waals surface area (Å²) in [5, 5.41) is 8.45. The molecule has 1 aromatic rings. The predicted octanol–water partition coefficient (Wildman–Crippen LogP) is 0.717. The molecular formula is C8H9NO3. The zero-order valence-corrected chi connectivity index (χ0v) is 6.65. The lowest BCUT2D eigenvalue weighted by Crippen LogP contribution is -2.02. The first-order chi connectivity index (χ1) is 5.72. The van der Waals surface area contributed by atoms with Gasteiger partial charge in [0.25, 0.3) is 0 Å². The van der Waals surface area contributed by atoms with Gasteiger partial charge in [-0.05, 0) is 6.07 Å². The summed E-state index contributed by atoms with van der Waals surface area (Å²) in [6.45, 7) is 0. The number of nitrogens with zero attached hydrogens (tertiary/aromatic N) is 1. The van der Waals surface area contributed by atoms with Gasteiger partial charge in [0.1, 0.15) is 0 Å². The minimum Gasteiger partial charge on any atom is -0.481 e. The zero-order chi connectivity index (χ0) is 8.97. The van der Waals surface area contributed by atoms with E-state index in [4.69, 9.17) is 9.84 Å². The summed E-state index contributed by atoms with van der Waals surface area (Å²) in [6.07, 6.45) is -0.0722. The van der Waals surface area contributed by atoms with Gasteiger partial charge in [-0.1, -0.05) is 6.07 Å². The van der Waals surface area contributed by atoms with Gasteiger partial charge in [0.05, 0.1) is 19.2 Å². The first kappa shape index (κ1) is 8.52. The Kier molecular flexibility index (Phi) is 2.63. The van der Waals surface area contributed by atoms with Crippen LogP contribution in [0.2, 0.25) is 0 Å². The lowest BCUT2D eigenvalue weighted by atomic mass is 10.3. The van der Waals surface area contributed by atoms with Gasteiger partial charge in [0, 0.05) is 6.07 Å². The van der Waals surface area contributed by atoms with Crippen LogP contribution >= 0.6 is 0 Å². The molecule has 0 amide bonds. The molecule has 0 atom stereocenters. The summed E-state index contributed by atoms with van der Waals surface area (Å²) in [4.78, 5) is 14.2. The van der Waals surface area contributed by atoms with Crippen molar-refractivity contribution >= 4 is 5.97 Å². The van der Waals surface area contributed by atoms with Gasteiger partial charge in [-0.25, -0.2) is 4.98 Å². The largest absolute Gasteiger partial charge is 0.481 e. The third-order valence-corrected chi connectivity index (χ3v) is 1.32. The Morgan fingerprint density at radius 1 is 1.67 bits per heavy atom.